The summed E-state index contributed by atoms with van der Waals surface area (Å²) in [5, 5.41) is 3.40. The normalized spacial score (nSPS) is 21.3. The molecule has 0 radical (unpaired) electrons. The Morgan fingerprint density at radius 2 is 2.14 bits per heavy atom. The summed E-state index contributed by atoms with van der Waals surface area (Å²) >= 11 is 0. The van der Waals surface area contributed by atoms with E-state index in [-0.39, 0.29) is 11.4 Å². The van der Waals surface area contributed by atoms with Crippen molar-refractivity contribution in [1.29, 1.82) is 0 Å². The average Bonchev–Trinajstić information content (AvgIpc) is 2.99. The van der Waals surface area contributed by atoms with Gasteiger partial charge in [0.05, 0.1) is 12.1 Å². The highest BCUT2D eigenvalue weighted by Gasteiger charge is 2.40. The van der Waals surface area contributed by atoms with Crippen LogP contribution in [0.4, 0.5) is 0 Å². The quantitative estimate of drug-likeness (QED) is 0.875. The molecule has 21 heavy (non-hydrogen) atoms. The molecule has 1 heterocycles. The predicted molar refractivity (Wildman–Crippen MR) is 84.3 cm³/mol. The average molecular weight is 290 g/mol. The Labute approximate surface area is 127 Å². The number of hydrogen-bond donors (Lipinski definition) is 1. The van der Waals surface area contributed by atoms with Gasteiger partial charge in [0.25, 0.3) is 0 Å². The molecule has 116 valence electrons. The van der Waals surface area contributed by atoms with Crippen LogP contribution in [0, 0.1) is 0 Å². The van der Waals surface area contributed by atoms with Gasteiger partial charge in [-0.1, -0.05) is 25.1 Å². The van der Waals surface area contributed by atoms with Crippen LogP contribution in [0.2, 0.25) is 0 Å². The van der Waals surface area contributed by atoms with Crippen LogP contribution in [-0.4, -0.2) is 36.5 Å². The summed E-state index contributed by atoms with van der Waals surface area (Å²) in [6, 6.07) is 7.93. The van der Waals surface area contributed by atoms with E-state index in [1.54, 1.807) is 0 Å². The number of nitrogens with zero attached hydrogens (tertiary/aromatic N) is 1. The third-order valence-corrected chi connectivity index (χ3v) is 4.28. The molecule has 0 bridgehead atoms. The summed E-state index contributed by atoms with van der Waals surface area (Å²) < 4.78 is 5.64. The van der Waals surface area contributed by atoms with Gasteiger partial charge in [-0.3, -0.25) is 4.79 Å². The molecule has 4 heteroatoms. The molecule has 1 unspecified atom stereocenters. The molecule has 0 spiro atoms. The maximum atomic E-state index is 12.8. The van der Waals surface area contributed by atoms with Gasteiger partial charge >= 0.3 is 0 Å². The van der Waals surface area contributed by atoms with Gasteiger partial charge in [0.1, 0.15) is 5.75 Å². The molecular formula is C17H26N2O2. The summed E-state index contributed by atoms with van der Waals surface area (Å²) in [6.07, 6.45) is 2.84. The molecule has 2 rings (SSSR count). The van der Waals surface area contributed by atoms with Crippen LogP contribution in [-0.2, 0) is 11.3 Å². The van der Waals surface area contributed by atoms with Crippen LogP contribution >= 0.6 is 0 Å². The lowest BCUT2D eigenvalue weighted by Crippen LogP contribution is -2.53. The molecule has 1 aromatic rings. The number of rotatable bonds is 6. The lowest BCUT2D eigenvalue weighted by atomic mass is 9.92. The van der Waals surface area contributed by atoms with E-state index in [9.17, 15) is 4.79 Å². The minimum absolute atomic E-state index is 0.189. The Hall–Kier alpha value is -1.55. The molecule has 0 aliphatic carbocycles. The van der Waals surface area contributed by atoms with E-state index in [1.807, 2.05) is 43.1 Å². The summed E-state index contributed by atoms with van der Waals surface area (Å²) in [7, 11) is 1.88. The second kappa shape index (κ2) is 6.94. The van der Waals surface area contributed by atoms with Crippen LogP contribution in [0.5, 0.6) is 5.75 Å². The molecule has 1 N–H and O–H groups in total. The van der Waals surface area contributed by atoms with E-state index in [0.717, 1.165) is 37.1 Å². The van der Waals surface area contributed by atoms with Crippen molar-refractivity contribution in [2.75, 3.05) is 20.2 Å². The van der Waals surface area contributed by atoms with Gasteiger partial charge in [0, 0.05) is 19.2 Å². The third kappa shape index (κ3) is 3.38. The van der Waals surface area contributed by atoms with Crippen LogP contribution < -0.4 is 10.1 Å². The van der Waals surface area contributed by atoms with Crippen molar-refractivity contribution in [3.05, 3.63) is 29.8 Å². The Bertz CT molecular complexity index is 481. The second-order valence-corrected chi connectivity index (χ2v) is 5.67. The van der Waals surface area contributed by atoms with Crippen molar-refractivity contribution in [1.82, 2.24) is 10.2 Å². The zero-order valence-electron chi connectivity index (χ0n) is 13.3. The number of likely N-dealkylation sites (N-methyl/N-ethyl adjacent to an activating group) is 1. The number of carbonyl (C=O) groups is 1. The SMILES string of the molecule is CCOc1ccccc1CN(C)C(=O)C1(CC)CCCN1. The summed E-state index contributed by atoms with van der Waals surface area (Å²) in [6.45, 7) is 6.20. The first-order valence-electron chi connectivity index (χ1n) is 7.84. The number of para-hydroxylation sites is 1. The molecular weight excluding hydrogens is 264 g/mol. The van der Waals surface area contributed by atoms with Gasteiger partial charge in [0.15, 0.2) is 0 Å². The zero-order valence-corrected chi connectivity index (χ0v) is 13.3. The fourth-order valence-corrected chi connectivity index (χ4v) is 3.07. The van der Waals surface area contributed by atoms with Crippen LogP contribution in [0.15, 0.2) is 24.3 Å². The summed E-state index contributed by atoms with van der Waals surface area (Å²) in [5.74, 6) is 1.05. The van der Waals surface area contributed by atoms with Crippen molar-refractivity contribution in [3.8, 4) is 5.75 Å². The van der Waals surface area contributed by atoms with E-state index in [1.165, 1.54) is 0 Å². The first-order chi connectivity index (χ1) is 10.1. The number of ether oxygens (including phenoxy) is 1. The standard InChI is InChI=1S/C17H26N2O2/c1-4-17(11-8-12-18-17)16(20)19(3)13-14-9-6-7-10-15(14)21-5-2/h6-7,9-10,18H,4-5,8,11-13H2,1-3H3. The molecule has 1 aromatic carbocycles. The van der Waals surface area contributed by atoms with Gasteiger partial charge in [-0.05, 0) is 38.8 Å². The molecule has 0 aromatic heterocycles. The maximum Gasteiger partial charge on any atom is 0.242 e. The first-order valence-corrected chi connectivity index (χ1v) is 7.84. The molecule has 1 aliphatic rings. The Balaban J connectivity index is 2.10. The van der Waals surface area contributed by atoms with Crippen LogP contribution in [0.25, 0.3) is 0 Å². The van der Waals surface area contributed by atoms with Gasteiger partial charge < -0.3 is 15.0 Å². The number of benzene rings is 1. The van der Waals surface area contributed by atoms with Gasteiger partial charge in [-0.2, -0.15) is 0 Å². The fourth-order valence-electron chi connectivity index (χ4n) is 3.07. The van der Waals surface area contributed by atoms with Gasteiger partial charge in [-0.15, -0.1) is 0 Å². The smallest absolute Gasteiger partial charge is 0.242 e. The summed E-state index contributed by atoms with van der Waals surface area (Å²) in [4.78, 5) is 14.6. The molecule has 1 amide bonds. The van der Waals surface area contributed by atoms with Crippen molar-refractivity contribution in [2.45, 2.75) is 45.2 Å². The van der Waals surface area contributed by atoms with Crippen molar-refractivity contribution in [3.63, 3.8) is 0 Å². The van der Waals surface area contributed by atoms with Gasteiger partial charge in [-0.25, -0.2) is 0 Å². The largest absolute Gasteiger partial charge is 0.494 e. The van der Waals surface area contributed by atoms with Crippen LogP contribution in [0.3, 0.4) is 0 Å². The molecule has 1 aliphatic heterocycles. The Morgan fingerprint density at radius 1 is 1.38 bits per heavy atom. The molecule has 1 fully saturated rings. The fraction of sp³-hybridized carbons (Fsp3) is 0.588. The topological polar surface area (TPSA) is 41.6 Å². The Kier molecular flexibility index (Phi) is 5.23. The predicted octanol–water partition coefficient (Wildman–Crippen LogP) is 2.58. The lowest BCUT2D eigenvalue weighted by Gasteiger charge is -2.32. The second-order valence-electron chi connectivity index (χ2n) is 5.67. The first kappa shape index (κ1) is 15.8. The highest BCUT2D eigenvalue weighted by Crippen LogP contribution is 2.27. The van der Waals surface area contributed by atoms with E-state index < -0.39 is 0 Å². The minimum Gasteiger partial charge on any atom is -0.494 e. The van der Waals surface area contributed by atoms with Crippen molar-refractivity contribution >= 4 is 5.91 Å². The number of hydrogen-bond acceptors (Lipinski definition) is 3. The Morgan fingerprint density at radius 3 is 2.76 bits per heavy atom. The monoisotopic (exact) mass is 290 g/mol. The molecule has 4 nitrogen and oxygen atoms in total. The number of carbonyl (C=O) groups excluding carboxylic acids is 1. The van der Waals surface area contributed by atoms with Crippen molar-refractivity contribution < 1.29 is 9.53 Å². The molecule has 1 saturated heterocycles. The molecule has 1 atom stereocenters. The van der Waals surface area contributed by atoms with Crippen LogP contribution in [0.1, 0.15) is 38.7 Å². The number of nitrogens with one attached hydrogen (secondary N) is 1. The maximum absolute atomic E-state index is 12.8. The van der Waals surface area contributed by atoms with Gasteiger partial charge in [0.2, 0.25) is 5.91 Å². The lowest BCUT2D eigenvalue weighted by molar-refractivity contribution is -0.137. The van der Waals surface area contributed by atoms with E-state index in [0.29, 0.717) is 13.2 Å². The van der Waals surface area contributed by atoms with Crippen molar-refractivity contribution in [2.24, 2.45) is 0 Å². The molecule has 0 saturated carbocycles. The highest BCUT2D eigenvalue weighted by molar-refractivity contribution is 5.86. The summed E-state index contributed by atoms with van der Waals surface area (Å²) in [5.41, 5.74) is 0.689. The number of amides is 1. The highest BCUT2D eigenvalue weighted by atomic mass is 16.5. The third-order valence-electron chi connectivity index (χ3n) is 4.28. The van der Waals surface area contributed by atoms with E-state index in [2.05, 4.69) is 12.2 Å². The van der Waals surface area contributed by atoms with E-state index >= 15 is 0 Å². The van der Waals surface area contributed by atoms with E-state index in [4.69, 9.17) is 4.74 Å². The zero-order chi connectivity index (χ0) is 15.3. The minimum atomic E-state index is -0.366.